The Hall–Kier alpha value is -1.15. The second kappa shape index (κ2) is 2.47. The van der Waals surface area contributed by atoms with Crippen LogP contribution in [-0.4, -0.2) is 18.3 Å². The molecule has 1 heterocycles. The van der Waals surface area contributed by atoms with Gasteiger partial charge in [-0.25, -0.2) is 0 Å². The molecule has 2 rings (SSSR count). The number of benzene rings is 1. The van der Waals surface area contributed by atoms with E-state index in [0.717, 1.165) is 16.1 Å². The van der Waals surface area contributed by atoms with Crippen molar-refractivity contribution in [3.8, 4) is 0 Å². The van der Waals surface area contributed by atoms with E-state index in [0.29, 0.717) is 6.54 Å². The quantitative estimate of drug-likeness (QED) is 0.568. The summed E-state index contributed by atoms with van der Waals surface area (Å²) in [5, 5.41) is 11.0. The molecule has 1 aliphatic rings. The molecule has 1 aromatic carbocycles. The zero-order chi connectivity index (χ0) is 7.68. The minimum Gasteiger partial charge on any atom is -0.392 e. The van der Waals surface area contributed by atoms with E-state index < -0.39 is 0 Å². The Morgan fingerprint density at radius 2 is 2.18 bits per heavy atom. The molecular formula is C9H9NO. The van der Waals surface area contributed by atoms with E-state index >= 15 is 0 Å². The highest BCUT2D eigenvalue weighted by Gasteiger charge is 2.02. The molecule has 56 valence electrons. The van der Waals surface area contributed by atoms with Crippen LogP contribution in [0.3, 0.4) is 0 Å². The lowest BCUT2D eigenvalue weighted by Crippen LogP contribution is -2.22. The van der Waals surface area contributed by atoms with Gasteiger partial charge in [0.25, 0.3) is 0 Å². The van der Waals surface area contributed by atoms with Gasteiger partial charge in [0, 0.05) is 5.22 Å². The van der Waals surface area contributed by atoms with Gasteiger partial charge in [0.15, 0.2) is 0 Å². The van der Waals surface area contributed by atoms with Crippen LogP contribution >= 0.6 is 0 Å². The molecule has 1 aromatic rings. The highest BCUT2D eigenvalue weighted by atomic mass is 16.3. The molecule has 0 bridgehead atoms. The SMILES string of the molecule is OCC1=c2ccccc2=NC1. The number of hydrogen-bond acceptors (Lipinski definition) is 2. The summed E-state index contributed by atoms with van der Waals surface area (Å²) in [4.78, 5) is 4.25. The van der Waals surface area contributed by atoms with Crippen molar-refractivity contribution in [2.24, 2.45) is 4.99 Å². The standard InChI is InChI=1S/C9H9NO/c11-6-7-5-10-9-4-2-1-3-8(7)9/h1-4,11H,5-6H2. The molecule has 0 saturated carbocycles. The molecule has 0 saturated heterocycles. The Morgan fingerprint density at radius 3 is 3.00 bits per heavy atom. The Balaban J connectivity index is 2.79. The van der Waals surface area contributed by atoms with Gasteiger partial charge in [0.1, 0.15) is 0 Å². The third-order valence-electron chi connectivity index (χ3n) is 1.92. The maximum Gasteiger partial charge on any atom is 0.0669 e. The lowest BCUT2D eigenvalue weighted by Gasteiger charge is -1.90. The molecule has 11 heavy (non-hydrogen) atoms. The van der Waals surface area contributed by atoms with Crippen LogP contribution in [0, 0.1) is 0 Å². The van der Waals surface area contributed by atoms with Gasteiger partial charge >= 0.3 is 0 Å². The fourth-order valence-corrected chi connectivity index (χ4v) is 1.31. The molecule has 0 fully saturated rings. The summed E-state index contributed by atoms with van der Waals surface area (Å²) < 4.78 is 0. The van der Waals surface area contributed by atoms with Crippen LogP contribution in [0.15, 0.2) is 29.3 Å². The van der Waals surface area contributed by atoms with Crippen molar-refractivity contribution in [3.63, 3.8) is 0 Å². The zero-order valence-corrected chi connectivity index (χ0v) is 6.12. The maximum atomic E-state index is 8.92. The molecule has 1 aliphatic heterocycles. The number of aliphatic hydroxyl groups is 1. The molecule has 2 nitrogen and oxygen atoms in total. The van der Waals surface area contributed by atoms with E-state index in [1.165, 1.54) is 0 Å². The third kappa shape index (κ3) is 0.955. The van der Waals surface area contributed by atoms with E-state index in [9.17, 15) is 0 Å². The predicted octanol–water partition coefficient (Wildman–Crippen LogP) is -0.537. The van der Waals surface area contributed by atoms with Gasteiger partial charge in [-0.05, 0) is 11.6 Å². The minimum atomic E-state index is 0.126. The summed E-state index contributed by atoms with van der Waals surface area (Å²) in [6, 6.07) is 7.90. The number of fused-ring (bicyclic) bond motifs is 1. The van der Waals surface area contributed by atoms with Crippen LogP contribution in [0.4, 0.5) is 0 Å². The van der Waals surface area contributed by atoms with Gasteiger partial charge in [-0.3, -0.25) is 4.99 Å². The van der Waals surface area contributed by atoms with E-state index in [4.69, 9.17) is 5.11 Å². The molecule has 0 atom stereocenters. The topological polar surface area (TPSA) is 32.6 Å². The van der Waals surface area contributed by atoms with Crippen molar-refractivity contribution in [2.75, 3.05) is 13.2 Å². The van der Waals surface area contributed by atoms with Crippen LogP contribution in [0.25, 0.3) is 5.57 Å². The van der Waals surface area contributed by atoms with Crippen LogP contribution < -0.4 is 10.6 Å². The van der Waals surface area contributed by atoms with Crippen LogP contribution in [0.2, 0.25) is 0 Å². The first-order chi connectivity index (χ1) is 5.42. The normalized spacial score (nSPS) is 14.5. The number of aliphatic hydroxyl groups excluding tert-OH is 1. The Bertz CT molecular complexity index is 381. The van der Waals surface area contributed by atoms with E-state index in [2.05, 4.69) is 4.99 Å². The summed E-state index contributed by atoms with van der Waals surface area (Å²) in [7, 11) is 0. The first-order valence-corrected chi connectivity index (χ1v) is 3.64. The van der Waals surface area contributed by atoms with Gasteiger partial charge in [-0.2, -0.15) is 0 Å². The smallest absolute Gasteiger partial charge is 0.0669 e. The van der Waals surface area contributed by atoms with Crippen molar-refractivity contribution in [2.45, 2.75) is 0 Å². The van der Waals surface area contributed by atoms with Gasteiger partial charge in [0.05, 0.1) is 18.5 Å². The van der Waals surface area contributed by atoms with E-state index in [1.807, 2.05) is 24.3 Å². The number of nitrogens with zero attached hydrogens (tertiary/aromatic N) is 1. The van der Waals surface area contributed by atoms with Crippen LogP contribution in [0.1, 0.15) is 0 Å². The van der Waals surface area contributed by atoms with Gasteiger partial charge in [-0.1, -0.05) is 18.2 Å². The summed E-state index contributed by atoms with van der Waals surface area (Å²) in [6.07, 6.45) is 0. The van der Waals surface area contributed by atoms with Crippen molar-refractivity contribution in [1.29, 1.82) is 0 Å². The Labute approximate surface area is 64.5 Å². The van der Waals surface area contributed by atoms with Crippen molar-refractivity contribution >= 4 is 5.57 Å². The monoisotopic (exact) mass is 147 g/mol. The van der Waals surface area contributed by atoms with Crippen molar-refractivity contribution in [3.05, 3.63) is 34.8 Å². The Kier molecular flexibility index (Phi) is 1.47. The first-order valence-electron chi connectivity index (χ1n) is 3.64. The summed E-state index contributed by atoms with van der Waals surface area (Å²) >= 11 is 0. The highest BCUT2D eigenvalue weighted by molar-refractivity contribution is 5.49. The molecule has 1 N–H and O–H groups in total. The van der Waals surface area contributed by atoms with Gasteiger partial charge < -0.3 is 5.11 Å². The zero-order valence-electron chi connectivity index (χ0n) is 6.12. The molecule has 0 aliphatic carbocycles. The number of hydrogen-bond donors (Lipinski definition) is 1. The summed E-state index contributed by atoms with van der Waals surface area (Å²) in [6.45, 7) is 0.788. The average molecular weight is 147 g/mol. The lowest BCUT2D eigenvalue weighted by atomic mass is 10.2. The molecule has 0 unspecified atom stereocenters. The molecular weight excluding hydrogens is 138 g/mol. The molecule has 0 spiro atoms. The van der Waals surface area contributed by atoms with E-state index in [1.54, 1.807) is 0 Å². The third-order valence-corrected chi connectivity index (χ3v) is 1.92. The fourth-order valence-electron chi connectivity index (χ4n) is 1.31. The molecule has 0 amide bonds. The van der Waals surface area contributed by atoms with Gasteiger partial charge in [-0.15, -0.1) is 0 Å². The summed E-state index contributed by atoms with van der Waals surface area (Å²) in [5.74, 6) is 0. The lowest BCUT2D eigenvalue weighted by molar-refractivity contribution is 0.347. The second-order valence-electron chi connectivity index (χ2n) is 2.60. The highest BCUT2D eigenvalue weighted by Crippen LogP contribution is 1.94. The second-order valence-corrected chi connectivity index (χ2v) is 2.60. The van der Waals surface area contributed by atoms with Crippen molar-refractivity contribution in [1.82, 2.24) is 0 Å². The van der Waals surface area contributed by atoms with E-state index in [-0.39, 0.29) is 6.61 Å². The molecule has 2 heteroatoms. The summed E-state index contributed by atoms with van der Waals surface area (Å²) in [5.41, 5.74) is 1.03. The molecule has 0 radical (unpaired) electrons. The Morgan fingerprint density at radius 1 is 1.36 bits per heavy atom. The van der Waals surface area contributed by atoms with Gasteiger partial charge in [0.2, 0.25) is 0 Å². The molecule has 0 aromatic heterocycles. The van der Waals surface area contributed by atoms with Crippen LogP contribution in [0.5, 0.6) is 0 Å². The number of rotatable bonds is 1. The minimum absolute atomic E-state index is 0.126. The average Bonchev–Trinajstić information content (AvgIpc) is 2.47. The largest absolute Gasteiger partial charge is 0.392 e. The van der Waals surface area contributed by atoms with Crippen LogP contribution in [-0.2, 0) is 0 Å². The predicted molar refractivity (Wildman–Crippen MR) is 42.6 cm³/mol. The first kappa shape index (κ1) is 6.55. The number of para-hydroxylation sites is 1. The fraction of sp³-hybridized carbons (Fsp3) is 0.222. The maximum absolute atomic E-state index is 8.92. The van der Waals surface area contributed by atoms with Crippen molar-refractivity contribution < 1.29 is 5.11 Å².